The fraction of sp³-hybridized carbons (Fsp3) is 0.400. The molecule has 0 aromatic heterocycles. The Hall–Kier alpha value is -0.477. The van der Waals surface area contributed by atoms with Gasteiger partial charge in [-0.05, 0) is 0 Å². The summed E-state index contributed by atoms with van der Waals surface area (Å²) in [5.41, 5.74) is 0. The third-order valence-corrected chi connectivity index (χ3v) is 17.6. The minimum atomic E-state index is -5.44. The number of hydrogen-bond donors (Lipinski definition) is 0. The van der Waals surface area contributed by atoms with Gasteiger partial charge in [0.15, 0.2) is 0 Å². The molecule has 4 rings (SSSR count). The van der Waals surface area contributed by atoms with Crippen LogP contribution in [-0.2, 0) is 26.8 Å². The summed E-state index contributed by atoms with van der Waals surface area (Å²) in [5, 5.41) is 2.58. The molecule has 0 saturated carbocycles. The second-order valence-electron chi connectivity index (χ2n) is 7.36. The van der Waals surface area contributed by atoms with Crippen LogP contribution in [0.3, 0.4) is 0 Å². The molecule has 2 aliphatic heterocycles. The molecule has 0 radical (unpaired) electrons. The zero-order chi connectivity index (χ0) is 22.4. The Morgan fingerprint density at radius 2 is 1.13 bits per heavy atom. The van der Waals surface area contributed by atoms with Crippen LogP contribution in [0, 0.1) is 0 Å². The molecule has 0 aromatic carbocycles. The summed E-state index contributed by atoms with van der Waals surface area (Å²) in [6, 6.07) is 0. The van der Waals surface area contributed by atoms with Gasteiger partial charge in [-0.2, -0.15) is 0 Å². The quantitative estimate of drug-likeness (QED) is 0.314. The summed E-state index contributed by atoms with van der Waals surface area (Å²) in [6.07, 6.45) is 2.39. The Morgan fingerprint density at radius 1 is 0.710 bits per heavy atom. The van der Waals surface area contributed by atoms with Crippen LogP contribution in [0.1, 0.15) is 25.7 Å². The summed E-state index contributed by atoms with van der Waals surface area (Å²) in [6.45, 7) is 0. The zero-order valence-electron chi connectivity index (χ0n) is 16.0. The van der Waals surface area contributed by atoms with Crippen LogP contribution in [-0.4, -0.2) is 22.2 Å². The van der Waals surface area contributed by atoms with Crippen molar-refractivity contribution < 1.29 is 53.1 Å². The number of thioether (sulfide) groups is 2. The average Bonchev–Trinajstić information content (AvgIpc) is 3.47. The van der Waals surface area contributed by atoms with Crippen LogP contribution in [0.4, 0.5) is 26.3 Å². The summed E-state index contributed by atoms with van der Waals surface area (Å²) < 4.78 is 98.3. The Kier molecular flexibility index (Phi) is 6.40. The SMILES string of the molecule is FC(F)(F)C1([O][Zr]([O]C2(C(F)(F)F)CC=CS2)([C]2=CC=CC2)[C]2=CC=CC2)CC=CS1. The predicted octanol–water partition coefficient (Wildman–Crippen LogP) is 7.51. The van der Waals surface area contributed by atoms with Crippen LogP contribution >= 0.6 is 23.5 Å². The van der Waals surface area contributed by atoms with Gasteiger partial charge in [-0.1, -0.05) is 0 Å². The van der Waals surface area contributed by atoms with E-state index in [0.717, 1.165) is 0 Å². The standard InChI is InChI=1S/2C5H4F3OS.2C5H5.Zr/c2*6-5(7,8)4(9)2-1-3-10-4;2*1-2-4-5-3-1;/h2*1,3H,2H2;2*1-3H,4H2;/q2*-1;;;+2. The van der Waals surface area contributed by atoms with Crippen molar-refractivity contribution in [2.75, 3.05) is 0 Å². The Balaban J connectivity index is 1.85. The van der Waals surface area contributed by atoms with Crippen molar-refractivity contribution >= 4 is 23.5 Å². The molecular weight excluding hydrogens is 542 g/mol. The molecule has 2 heterocycles. The second-order valence-corrected chi connectivity index (χ2v) is 16.9. The zero-order valence-corrected chi connectivity index (χ0v) is 20.1. The van der Waals surface area contributed by atoms with Gasteiger partial charge in [0, 0.05) is 0 Å². The molecule has 31 heavy (non-hydrogen) atoms. The molecule has 0 saturated heterocycles. The van der Waals surface area contributed by atoms with Gasteiger partial charge in [-0.3, -0.25) is 0 Å². The van der Waals surface area contributed by atoms with E-state index in [2.05, 4.69) is 0 Å². The van der Waals surface area contributed by atoms with Crippen molar-refractivity contribution in [3.8, 4) is 0 Å². The van der Waals surface area contributed by atoms with E-state index in [1.54, 1.807) is 36.5 Å². The molecule has 11 heteroatoms. The van der Waals surface area contributed by atoms with Gasteiger partial charge in [-0.15, -0.1) is 0 Å². The first kappa shape index (κ1) is 23.7. The van der Waals surface area contributed by atoms with Crippen molar-refractivity contribution in [3.05, 3.63) is 66.0 Å². The molecule has 2 unspecified atom stereocenters. The number of rotatable bonds is 6. The van der Waals surface area contributed by atoms with Crippen molar-refractivity contribution in [3.63, 3.8) is 0 Å². The first-order valence-corrected chi connectivity index (χ1v) is 15.7. The summed E-state index contributed by atoms with van der Waals surface area (Å²) in [7, 11) is 0. The molecule has 0 fully saturated rings. The van der Waals surface area contributed by atoms with Gasteiger partial charge in [-0.25, -0.2) is 0 Å². The first-order valence-electron chi connectivity index (χ1n) is 9.45. The molecule has 0 N–H and O–H groups in total. The Bertz CT molecular complexity index is 824. The predicted molar refractivity (Wildman–Crippen MR) is 106 cm³/mol. The summed E-state index contributed by atoms with van der Waals surface area (Å²) in [5.74, 6) is 0. The molecule has 2 atom stereocenters. The molecule has 0 spiro atoms. The van der Waals surface area contributed by atoms with E-state index in [9.17, 15) is 26.3 Å². The van der Waals surface area contributed by atoms with E-state index in [4.69, 9.17) is 5.63 Å². The second kappa shape index (κ2) is 8.38. The van der Waals surface area contributed by atoms with E-state index in [0.29, 0.717) is 30.1 Å². The van der Waals surface area contributed by atoms with Gasteiger partial charge in [0.2, 0.25) is 0 Å². The maximum absolute atomic E-state index is 14.2. The van der Waals surface area contributed by atoms with E-state index in [-0.39, 0.29) is 12.8 Å². The van der Waals surface area contributed by atoms with Crippen LogP contribution in [0.2, 0.25) is 0 Å². The molecule has 0 aromatic rings. The van der Waals surface area contributed by atoms with Gasteiger partial charge in [0.25, 0.3) is 0 Å². The van der Waals surface area contributed by atoms with E-state index in [1.165, 1.54) is 23.0 Å². The topological polar surface area (TPSA) is 18.5 Å². The Labute approximate surface area is 189 Å². The van der Waals surface area contributed by atoms with Gasteiger partial charge in [0.1, 0.15) is 0 Å². The van der Waals surface area contributed by atoms with Crippen molar-refractivity contribution in [1.82, 2.24) is 0 Å². The van der Waals surface area contributed by atoms with Gasteiger partial charge >= 0.3 is 191 Å². The fourth-order valence-corrected chi connectivity index (χ4v) is 16.6. The van der Waals surface area contributed by atoms with Crippen LogP contribution in [0.5, 0.6) is 0 Å². The normalized spacial score (nSPS) is 30.5. The Morgan fingerprint density at radius 3 is 1.39 bits per heavy atom. The van der Waals surface area contributed by atoms with Crippen LogP contribution in [0.15, 0.2) is 66.0 Å². The summed E-state index contributed by atoms with van der Waals surface area (Å²) in [4.78, 5) is -5.33. The molecular formula is C20H18F6O2S2Zr. The van der Waals surface area contributed by atoms with Crippen molar-refractivity contribution in [1.29, 1.82) is 0 Å². The van der Waals surface area contributed by atoms with E-state index in [1.807, 2.05) is 0 Å². The number of hydrogen-bond acceptors (Lipinski definition) is 4. The van der Waals surface area contributed by atoms with Gasteiger partial charge in [0.05, 0.1) is 0 Å². The molecule has 0 bridgehead atoms. The summed E-state index contributed by atoms with van der Waals surface area (Å²) >= 11 is -4.54. The maximum atomic E-state index is 14.2. The molecule has 168 valence electrons. The molecule has 4 aliphatic rings. The third kappa shape index (κ3) is 4.14. The van der Waals surface area contributed by atoms with Gasteiger partial charge < -0.3 is 0 Å². The monoisotopic (exact) mass is 558 g/mol. The molecule has 2 nitrogen and oxygen atoms in total. The van der Waals surface area contributed by atoms with Crippen LogP contribution < -0.4 is 0 Å². The van der Waals surface area contributed by atoms with Crippen molar-refractivity contribution in [2.24, 2.45) is 0 Å². The van der Waals surface area contributed by atoms with Crippen molar-refractivity contribution in [2.45, 2.75) is 47.9 Å². The molecule has 2 aliphatic carbocycles. The number of alkyl halides is 6. The van der Waals surface area contributed by atoms with E-state index < -0.39 is 56.2 Å². The third-order valence-electron chi connectivity index (χ3n) is 5.35. The average molecular weight is 560 g/mol. The number of halogens is 6. The minimum absolute atomic E-state index is 0.214. The number of allylic oxidation sites excluding steroid dienone is 8. The first-order chi connectivity index (χ1) is 14.5. The van der Waals surface area contributed by atoms with E-state index >= 15 is 0 Å². The van der Waals surface area contributed by atoms with Crippen LogP contribution in [0.25, 0.3) is 0 Å². The molecule has 0 amide bonds. The fourth-order valence-electron chi connectivity index (χ4n) is 3.77.